The fourth-order valence-electron chi connectivity index (χ4n) is 5.67. The molecule has 2 heterocycles. The van der Waals surface area contributed by atoms with E-state index in [1.807, 2.05) is 113 Å². The maximum Gasteiger partial charge on any atom is 0.220 e. The highest BCUT2D eigenvalue weighted by atomic mass is 16.4. The minimum atomic E-state index is 0.546. The topological polar surface area (TPSA) is 58.5 Å². The molecular formula is C44H38N4O2. The number of anilines is 2. The molecule has 0 N–H and O–H groups in total. The first-order chi connectivity index (χ1) is 24.4. The molecule has 0 radical (unpaired) electrons. The average Bonchev–Trinajstić information content (AvgIpc) is 3.80. The summed E-state index contributed by atoms with van der Waals surface area (Å²) in [6.07, 6.45) is 7.86. The largest absolute Gasteiger partial charge is 0.436 e. The van der Waals surface area contributed by atoms with Crippen molar-refractivity contribution in [3.63, 3.8) is 0 Å². The van der Waals surface area contributed by atoms with Gasteiger partial charge in [0.05, 0.1) is 0 Å². The maximum atomic E-state index is 6.32. The molecule has 2 aromatic heterocycles. The lowest BCUT2D eigenvalue weighted by Crippen LogP contribution is -2.07. The fourth-order valence-corrected chi connectivity index (χ4v) is 5.67. The smallest absolute Gasteiger partial charge is 0.220 e. The lowest BCUT2D eigenvalue weighted by Gasteiger charge is -2.12. The van der Waals surface area contributed by atoms with Gasteiger partial charge in [-0.1, -0.05) is 109 Å². The van der Waals surface area contributed by atoms with E-state index in [0.29, 0.717) is 11.8 Å². The van der Waals surface area contributed by atoms with Gasteiger partial charge in [0.1, 0.15) is 11.4 Å². The summed E-state index contributed by atoms with van der Waals surface area (Å²) >= 11 is 0. The van der Waals surface area contributed by atoms with Crippen molar-refractivity contribution >= 4 is 35.7 Å². The molecular weight excluding hydrogens is 617 g/mol. The van der Waals surface area contributed by atoms with Crippen LogP contribution in [0.1, 0.15) is 22.9 Å². The molecule has 0 unspecified atom stereocenters. The van der Waals surface area contributed by atoms with Gasteiger partial charge in [-0.2, -0.15) is 0 Å². The van der Waals surface area contributed by atoms with E-state index in [1.165, 1.54) is 0 Å². The van der Waals surface area contributed by atoms with Gasteiger partial charge in [0, 0.05) is 74.0 Å². The molecule has 6 heteroatoms. The Labute approximate surface area is 293 Å². The van der Waals surface area contributed by atoms with Crippen molar-refractivity contribution in [2.75, 3.05) is 38.0 Å². The van der Waals surface area contributed by atoms with Gasteiger partial charge in [-0.15, -0.1) is 0 Å². The molecule has 0 aliphatic carbocycles. The highest BCUT2D eigenvalue weighted by molar-refractivity contribution is 5.81. The summed E-state index contributed by atoms with van der Waals surface area (Å²) in [5.41, 5.74) is 9.94. The van der Waals surface area contributed by atoms with Crippen LogP contribution in [-0.4, -0.2) is 38.2 Å². The van der Waals surface area contributed by atoms with Crippen LogP contribution in [0.2, 0.25) is 0 Å². The van der Waals surface area contributed by atoms with Gasteiger partial charge >= 0.3 is 0 Å². The molecule has 246 valence electrons. The summed E-state index contributed by atoms with van der Waals surface area (Å²) in [5, 5.41) is 0. The van der Waals surface area contributed by atoms with E-state index in [9.17, 15) is 0 Å². The van der Waals surface area contributed by atoms with E-state index < -0.39 is 0 Å². The number of nitrogens with zero attached hydrogens (tertiary/aromatic N) is 4. The molecule has 6 nitrogen and oxygen atoms in total. The molecule has 7 aromatic rings. The van der Waals surface area contributed by atoms with Gasteiger partial charge in [-0.25, -0.2) is 9.97 Å². The molecule has 0 spiro atoms. The van der Waals surface area contributed by atoms with Crippen LogP contribution in [0.4, 0.5) is 11.4 Å². The van der Waals surface area contributed by atoms with E-state index in [0.717, 1.165) is 67.7 Å². The van der Waals surface area contributed by atoms with E-state index in [-0.39, 0.29) is 0 Å². The molecule has 5 aromatic carbocycles. The van der Waals surface area contributed by atoms with E-state index in [4.69, 9.17) is 18.8 Å². The third-order valence-electron chi connectivity index (χ3n) is 8.45. The number of benzene rings is 5. The molecule has 0 bridgehead atoms. The molecule has 0 fully saturated rings. The molecule has 7 rings (SSSR count). The normalized spacial score (nSPS) is 11.4. The summed E-state index contributed by atoms with van der Waals surface area (Å²) in [4.78, 5) is 14.0. The maximum absolute atomic E-state index is 6.32. The third kappa shape index (κ3) is 7.20. The van der Waals surface area contributed by atoms with Gasteiger partial charge < -0.3 is 18.6 Å². The summed E-state index contributed by atoms with van der Waals surface area (Å²) in [5.74, 6) is 2.59. The summed E-state index contributed by atoms with van der Waals surface area (Å²) in [7, 11) is 8.14. The zero-order valence-electron chi connectivity index (χ0n) is 28.6. The summed E-state index contributed by atoms with van der Waals surface area (Å²) in [6, 6.07) is 45.2. The van der Waals surface area contributed by atoms with Crippen molar-refractivity contribution in [3.05, 3.63) is 156 Å². The molecule has 0 saturated carbocycles. The Morgan fingerprint density at radius 2 is 0.760 bits per heavy atom. The van der Waals surface area contributed by atoms with Crippen LogP contribution in [0.15, 0.2) is 142 Å². The molecule has 0 aliphatic rings. The lowest BCUT2D eigenvalue weighted by molar-refractivity contribution is 0.560. The monoisotopic (exact) mass is 654 g/mol. The van der Waals surface area contributed by atoms with Crippen LogP contribution in [-0.2, 0) is 0 Å². The number of hydrogen-bond donors (Lipinski definition) is 0. The van der Waals surface area contributed by atoms with Gasteiger partial charge in [0.2, 0.25) is 11.8 Å². The molecule has 50 heavy (non-hydrogen) atoms. The summed E-state index contributed by atoms with van der Waals surface area (Å²) in [6.45, 7) is 0. The first kappa shape index (κ1) is 32.2. The van der Waals surface area contributed by atoms with Crippen molar-refractivity contribution in [1.29, 1.82) is 0 Å². The zero-order valence-corrected chi connectivity index (χ0v) is 28.6. The first-order valence-corrected chi connectivity index (χ1v) is 16.6. The average molecular weight is 655 g/mol. The van der Waals surface area contributed by atoms with Gasteiger partial charge in [-0.05, 0) is 47.5 Å². The Morgan fingerprint density at radius 1 is 0.400 bits per heavy atom. The summed E-state index contributed by atoms with van der Waals surface area (Å²) < 4.78 is 12.6. The second kappa shape index (κ2) is 14.4. The Hall–Kier alpha value is -6.40. The first-order valence-electron chi connectivity index (χ1n) is 16.6. The van der Waals surface area contributed by atoms with Crippen LogP contribution >= 0.6 is 0 Å². The van der Waals surface area contributed by atoms with Crippen molar-refractivity contribution < 1.29 is 8.83 Å². The quantitative estimate of drug-likeness (QED) is 0.146. The van der Waals surface area contributed by atoms with Crippen molar-refractivity contribution in [3.8, 4) is 45.2 Å². The van der Waals surface area contributed by atoms with Gasteiger partial charge in [-0.3, -0.25) is 0 Å². The van der Waals surface area contributed by atoms with Gasteiger partial charge in [0.25, 0.3) is 0 Å². The highest BCUT2D eigenvalue weighted by Crippen LogP contribution is 2.35. The fraction of sp³-hybridized carbons (Fsp3) is 0.0909. The SMILES string of the molecule is CN(C)c1ccc(-c2nc(C=Cc3ccc(/C=C/c4nc(-c5ccc(N(C)C)cc5)c(-c5ccccc5)o4)cc3)oc2-c2ccccc2)cc1. The number of aromatic nitrogens is 2. The number of rotatable bonds is 10. The Bertz CT molecular complexity index is 2060. The van der Waals surface area contributed by atoms with Crippen molar-refractivity contribution in [2.24, 2.45) is 0 Å². The highest BCUT2D eigenvalue weighted by Gasteiger charge is 2.17. The second-order valence-corrected chi connectivity index (χ2v) is 12.4. The second-order valence-electron chi connectivity index (χ2n) is 12.4. The third-order valence-corrected chi connectivity index (χ3v) is 8.45. The van der Waals surface area contributed by atoms with E-state index in [2.05, 4.69) is 82.6 Å². The van der Waals surface area contributed by atoms with Crippen molar-refractivity contribution in [1.82, 2.24) is 9.97 Å². The number of oxazole rings is 2. The van der Waals surface area contributed by atoms with E-state index >= 15 is 0 Å². The van der Waals surface area contributed by atoms with Crippen LogP contribution in [0, 0.1) is 0 Å². The standard InChI is InChI=1S/C44H38N4O2/c1-47(2)37-25-21-33(22-26-37)41-43(35-11-7-5-8-12-35)49-39(45-41)29-19-31-15-17-32(18-16-31)20-30-40-46-42(34-23-27-38(28-24-34)48(3)4)44(50-40)36-13-9-6-10-14-36/h5-30H,1-4H3/b29-19+,30-20?. The Balaban J connectivity index is 1.11. The minimum Gasteiger partial charge on any atom is -0.436 e. The van der Waals surface area contributed by atoms with E-state index in [1.54, 1.807) is 0 Å². The van der Waals surface area contributed by atoms with Crippen LogP contribution < -0.4 is 9.80 Å². The predicted molar refractivity (Wildman–Crippen MR) is 208 cm³/mol. The van der Waals surface area contributed by atoms with Crippen LogP contribution in [0.25, 0.3) is 69.5 Å². The van der Waals surface area contributed by atoms with Crippen LogP contribution in [0.5, 0.6) is 0 Å². The zero-order chi connectivity index (χ0) is 34.5. The lowest BCUT2D eigenvalue weighted by atomic mass is 10.1. The molecule has 0 atom stereocenters. The van der Waals surface area contributed by atoms with Crippen LogP contribution in [0.3, 0.4) is 0 Å². The van der Waals surface area contributed by atoms with Gasteiger partial charge in [0.15, 0.2) is 11.5 Å². The minimum absolute atomic E-state index is 0.546. The Morgan fingerprint density at radius 3 is 1.10 bits per heavy atom. The Kier molecular flexibility index (Phi) is 9.25. The molecule has 0 saturated heterocycles. The number of hydrogen-bond acceptors (Lipinski definition) is 6. The predicted octanol–water partition coefficient (Wildman–Crippen LogP) is 10.8. The molecule has 0 amide bonds. The van der Waals surface area contributed by atoms with Crippen molar-refractivity contribution in [2.45, 2.75) is 0 Å². The molecule has 0 aliphatic heterocycles.